The van der Waals surface area contributed by atoms with Crippen molar-refractivity contribution in [2.45, 2.75) is 35.5 Å². The van der Waals surface area contributed by atoms with Crippen molar-refractivity contribution in [3.63, 3.8) is 0 Å². The Bertz CT molecular complexity index is 1520. The van der Waals surface area contributed by atoms with Crippen LogP contribution >= 0.6 is 0 Å². The minimum Gasteiger partial charge on any atom is -0.497 e. The van der Waals surface area contributed by atoms with Crippen LogP contribution in [0.2, 0.25) is 0 Å². The van der Waals surface area contributed by atoms with Crippen molar-refractivity contribution in [2.24, 2.45) is 0 Å². The van der Waals surface area contributed by atoms with Gasteiger partial charge in [-0.3, -0.25) is 9.10 Å². The smallest absolute Gasteiger partial charge is 0.264 e. The van der Waals surface area contributed by atoms with Crippen LogP contribution in [-0.4, -0.2) is 60.9 Å². The number of para-hydroxylation sites is 2. The van der Waals surface area contributed by atoms with Crippen molar-refractivity contribution in [1.82, 2.24) is 4.31 Å². The summed E-state index contributed by atoms with van der Waals surface area (Å²) in [5.74, 6) is 0.142. The minimum absolute atomic E-state index is 0.0323. The fourth-order valence-corrected chi connectivity index (χ4v) is 7.43. The van der Waals surface area contributed by atoms with Crippen LogP contribution < -0.4 is 19.1 Å². The molecule has 1 saturated heterocycles. The molecule has 40 heavy (non-hydrogen) atoms. The predicted molar refractivity (Wildman–Crippen MR) is 153 cm³/mol. The lowest BCUT2D eigenvalue weighted by Crippen LogP contribution is -2.38. The van der Waals surface area contributed by atoms with E-state index in [0.29, 0.717) is 24.5 Å². The molecule has 0 unspecified atom stereocenters. The van der Waals surface area contributed by atoms with E-state index < -0.39 is 32.5 Å². The van der Waals surface area contributed by atoms with E-state index in [1.54, 1.807) is 24.3 Å². The van der Waals surface area contributed by atoms with Crippen molar-refractivity contribution in [3.05, 3.63) is 72.8 Å². The molecule has 0 saturated carbocycles. The number of nitrogens with zero attached hydrogens (tertiary/aromatic N) is 2. The molecule has 0 spiro atoms. The summed E-state index contributed by atoms with van der Waals surface area (Å²) in [6.45, 7) is 0.424. The second-order valence-corrected chi connectivity index (χ2v) is 13.1. The summed E-state index contributed by atoms with van der Waals surface area (Å²) in [6, 6.07) is 18.2. The zero-order chi connectivity index (χ0) is 28.8. The Morgan fingerprint density at radius 1 is 0.800 bits per heavy atom. The minimum atomic E-state index is -4.19. The Balaban J connectivity index is 1.56. The van der Waals surface area contributed by atoms with Gasteiger partial charge >= 0.3 is 0 Å². The van der Waals surface area contributed by atoms with E-state index in [0.717, 1.165) is 30.0 Å². The van der Waals surface area contributed by atoms with E-state index in [2.05, 4.69) is 5.32 Å². The topological polar surface area (TPSA) is 122 Å². The fraction of sp³-hybridized carbons (Fsp3) is 0.321. The highest BCUT2D eigenvalue weighted by molar-refractivity contribution is 7.93. The fourth-order valence-electron chi connectivity index (χ4n) is 4.48. The molecule has 1 aliphatic rings. The Kier molecular flexibility index (Phi) is 9.33. The molecule has 0 atom stereocenters. The quantitative estimate of drug-likeness (QED) is 0.379. The number of hydrogen-bond donors (Lipinski definition) is 1. The van der Waals surface area contributed by atoms with Crippen LogP contribution in [0.15, 0.2) is 82.6 Å². The molecule has 1 heterocycles. The molecule has 0 bridgehead atoms. The summed E-state index contributed by atoms with van der Waals surface area (Å²) in [4.78, 5) is 13.2. The SMILES string of the molecule is COc1ccc(S(=O)(=O)N(CC(=O)Nc2ccc(S(=O)(=O)N3CCCCCC3)cc2)c2ccccc2OC)cc1. The molecule has 0 aliphatic carbocycles. The van der Waals surface area contributed by atoms with Crippen LogP contribution in [0, 0.1) is 0 Å². The number of ether oxygens (including phenoxy) is 2. The monoisotopic (exact) mass is 587 g/mol. The molecule has 3 aromatic rings. The summed E-state index contributed by atoms with van der Waals surface area (Å²) < 4.78 is 66.5. The number of carbonyl (C=O) groups is 1. The largest absolute Gasteiger partial charge is 0.497 e. The molecular formula is C28H33N3O7S2. The number of methoxy groups -OCH3 is 2. The third-order valence-corrected chi connectivity index (χ3v) is 10.3. The molecular weight excluding hydrogens is 554 g/mol. The van der Waals surface area contributed by atoms with E-state index in [4.69, 9.17) is 9.47 Å². The van der Waals surface area contributed by atoms with Gasteiger partial charge in [-0.15, -0.1) is 0 Å². The summed E-state index contributed by atoms with van der Waals surface area (Å²) in [5, 5.41) is 2.68. The van der Waals surface area contributed by atoms with E-state index >= 15 is 0 Å². The van der Waals surface area contributed by atoms with Gasteiger partial charge in [-0.25, -0.2) is 16.8 Å². The number of sulfonamides is 2. The molecule has 1 fully saturated rings. The number of carbonyl (C=O) groups excluding carboxylic acids is 1. The van der Waals surface area contributed by atoms with Gasteiger partial charge in [-0.1, -0.05) is 25.0 Å². The van der Waals surface area contributed by atoms with Crippen LogP contribution in [0.5, 0.6) is 11.5 Å². The van der Waals surface area contributed by atoms with Crippen LogP contribution in [0.25, 0.3) is 0 Å². The number of amides is 1. The van der Waals surface area contributed by atoms with Gasteiger partial charge in [0.15, 0.2) is 0 Å². The molecule has 1 amide bonds. The summed E-state index contributed by atoms with van der Waals surface area (Å²) in [5.41, 5.74) is 0.525. The van der Waals surface area contributed by atoms with Crippen molar-refractivity contribution >= 4 is 37.3 Å². The van der Waals surface area contributed by atoms with Crippen LogP contribution in [0.1, 0.15) is 25.7 Å². The normalized spacial score (nSPS) is 14.7. The van der Waals surface area contributed by atoms with Gasteiger partial charge in [0.2, 0.25) is 15.9 Å². The molecule has 0 aromatic heterocycles. The van der Waals surface area contributed by atoms with Crippen molar-refractivity contribution < 1.29 is 31.1 Å². The van der Waals surface area contributed by atoms with Crippen LogP contribution in [-0.2, 0) is 24.8 Å². The highest BCUT2D eigenvalue weighted by atomic mass is 32.2. The lowest BCUT2D eigenvalue weighted by molar-refractivity contribution is -0.114. The van der Waals surface area contributed by atoms with E-state index in [1.807, 2.05) is 0 Å². The maximum Gasteiger partial charge on any atom is 0.264 e. The van der Waals surface area contributed by atoms with Gasteiger partial charge in [0.25, 0.3) is 10.0 Å². The molecule has 1 aliphatic heterocycles. The van der Waals surface area contributed by atoms with Gasteiger partial charge in [-0.05, 0) is 73.5 Å². The summed E-state index contributed by atoms with van der Waals surface area (Å²) >= 11 is 0. The predicted octanol–water partition coefficient (Wildman–Crippen LogP) is 4.10. The number of nitrogens with one attached hydrogen (secondary N) is 1. The first-order valence-electron chi connectivity index (χ1n) is 12.9. The third-order valence-electron chi connectivity index (χ3n) is 6.63. The molecule has 4 rings (SSSR count). The standard InChI is InChI=1S/C28H33N3O7S2/c1-37-23-13-17-25(18-14-23)40(35,36)31(26-9-5-6-10-27(26)38-2)21-28(32)29-22-11-15-24(16-12-22)39(33,34)30-19-7-3-4-8-20-30/h5-6,9-18H,3-4,7-8,19-21H2,1-2H3,(H,29,32). The first kappa shape index (κ1) is 29.4. The Hall–Kier alpha value is -3.61. The number of hydrogen-bond acceptors (Lipinski definition) is 7. The molecule has 3 aromatic carbocycles. The molecule has 0 radical (unpaired) electrons. The van der Waals surface area contributed by atoms with Gasteiger partial charge in [0.05, 0.1) is 29.7 Å². The zero-order valence-electron chi connectivity index (χ0n) is 22.4. The first-order chi connectivity index (χ1) is 19.2. The maximum atomic E-state index is 13.7. The third kappa shape index (κ3) is 6.57. The second-order valence-electron chi connectivity index (χ2n) is 9.25. The lowest BCUT2D eigenvalue weighted by atomic mass is 10.2. The highest BCUT2D eigenvalue weighted by Crippen LogP contribution is 2.32. The molecule has 214 valence electrons. The maximum absolute atomic E-state index is 13.7. The summed E-state index contributed by atoms with van der Waals surface area (Å²) in [6.07, 6.45) is 3.68. The summed E-state index contributed by atoms with van der Waals surface area (Å²) in [7, 11) is -4.93. The van der Waals surface area contributed by atoms with Crippen LogP contribution in [0.3, 0.4) is 0 Å². The number of rotatable bonds is 10. The van der Waals surface area contributed by atoms with Gasteiger partial charge in [-0.2, -0.15) is 4.31 Å². The molecule has 1 N–H and O–H groups in total. The van der Waals surface area contributed by atoms with Gasteiger partial charge in [0, 0.05) is 18.8 Å². The molecule has 10 nitrogen and oxygen atoms in total. The second kappa shape index (κ2) is 12.7. The molecule has 12 heteroatoms. The van der Waals surface area contributed by atoms with E-state index in [9.17, 15) is 21.6 Å². The highest BCUT2D eigenvalue weighted by Gasteiger charge is 2.30. The first-order valence-corrected chi connectivity index (χ1v) is 15.7. The van der Waals surface area contributed by atoms with Crippen molar-refractivity contribution in [3.8, 4) is 11.5 Å². The van der Waals surface area contributed by atoms with E-state index in [1.165, 1.54) is 67.1 Å². The average Bonchev–Trinajstić information content (AvgIpc) is 3.27. The lowest BCUT2D eigenvalue weighted by Gasteiger charge is -2.25. The van der Waals surface area contributed by atoms with E-state index in [-0.39, 0.29) is 21.2 Å². The Morgan fingerprint density at radius 3 is 2.00 bits per heavy atom. The average molecular weight is 588 g/mol. The zero-order valence-corrected chi connectivity index (χ0v) is 24.1. The van der Waals surface area contributed by atoms with Crippen molar-refractivity contribution in [1.29, 1.82) is 0 Å². The van der Waals surface area contributed by atoms with Gasteiger partial charge in [0.1, 0.15) is 18.0 Å². The Morgan fingerprint density at radius 2 is 1.40 bits per heavy atom. The Labute approximate surface area is 235 Å². The van der Waals surface area contributed by atoms with Gasteiger partial charge < -0.3 is 14.8 Å². The van der Waals surface area contributed by atoms with Crippen molar-refractivity contribution in [2.75, 3.05) is 43.5 Å². The van der Waals surface area contributed by atoms with Crippen LogP contribution in [0.4, 0.5) is 11.4 Å². The number of benzene rings is 3. The number of anilines is 2.